The highest BCUT2D eigenvalue weighted by atomic mass is 16.5. The van der Waals surface area contributed by atoms with Crippen LogP contribution in [0.5, 0.6) is 23.0 Å². The molecule has 198 valence electrons. The minimum absolute atomic E-state index is 0.00211. The average molecular weight is 518 g/mol. The van der Waals surface area contributed by atoms with Gasteiger partial charge in [0.05, 0.1) is 40.1 Å². The molecule has 1 aliphatic rings. The second-order valence-corrected chi connectivity index (χ2v) is 8.91. The monoisotopic (exact) mass is 517 g/mol. The number of nitrogens with zero attached hydrogens (tertiary/aromatic N) is 1. The van der Waals surface area contributed by atoms with E-state index < -0.39 is 17.7 Å². The summed E-state index contributed by atoms with van der Waals surface area (Å²) in [5.74, 6) is 0.449. The summed E-state index contributed by atoms with van der Waals surface area (Å²) in [5, 5.41) is 11.3. The number of methoxy groups -OCH3 is 4. The molecule has 0 aliphatic carbocycles. The number of ketones is 1. The molecule has 3 aromatic carbocycles. The van der Waals surface area contributed by atoms with Crippen LogP contribution in [-0.2, 0) is 16.0 Å². The molecule has 1 saturated heterocycles. The molecule has 0 unspecified atom stereocenters. The van der Waals surface area contributed by atoms with E-state index in [1.807, 2.05) is 31.2 Å². The lowest BCUT2D eigenvalue weighted by Gasteiger charge is -2.27. The van der Waals surface area contributed by atoms with Gasteiger partial charge in [-0.1, -0.05) is 35.9 Å². The van der Waals surface area contributed by atoms with Crippen molar-refractivity contribution in [1.82, 2.24) is 4.90 Å². The van der Waals surface area contributed by atoms with E-state index in [1.54, 1.807) is 50.6 Å². The Balaban J connectivity index is 1.82. The van der Waals surface area contributed by atoms with E-state index in [0.717, 1.165) is 11.1 Å². The van der Waals surface area contributed by atoms with Gasteiger partial charge in [-0.3, -0.25) is 9.59 Å². The highest BCUT2D eigenvalue weighted by Gasteiger charge is 2.47. The Bertz CT molecular complexity index is 1380. The summed E-state index contributed by atoms with van der Waals surface area (Å²) in [6, 6.07) is 16.9. The van der Waals surface area contributed by atoms with Crippen LogP contribution in [0.4, 0.5) is 0 Å². The van der Waals surface area contributed by atoms with E-state index in [4.69, 9.17) is 18.9 Å². The number of hydrogen-bond donors (Lipinski definition) is 1. The number of likely N-dealkylation sites (tertiary alicyclic amines) is 1. The molecule has 1 fully saturated rings. The van der Waals surface area contributed by atoms with Crippen LogP contribution in [0.1, 0.15) is 28.3 Å². The maximum Gasteiger partial charge on any atom is 0.295 e. The minimum Gasteiger partial charge on any atom is -0.507 e. The second kappa shape index (κ2) is 11.3. The van der Waals surface area contributed by atoms with Crippen molar-refractivity contribution in [2.24, 2.45) is 0 Å². The van der Waals surface area contributed by atoms with Crippen LogP contribution in [0.25, 0.3) is 5.76 Å². The average Bonchev–Trinajstić information content (AvgIpc) is 3.20. The van der Waals surface area contributed by atoms with Gasteiger partial charge in [-0.15, -0.1) is 0 Å². The SMILES string of the molecule is COc1ccc(OC)c([C@H]2C(=C(O)c3ccc(C)cc3)C(=O)C(=O)N2CCc2ccc(OC)c(OC)c2)c1. The number of carbonyl (C=O) groups excluding carboxylic acids is 2. The van der Waals surface area contributed by atoms with Gasteiger partial charge in [0.15, 0.2) is 11.5 Å². The van der Waals surface area contributed by atoms with Gasteiger partial charge in [-0.2, -0.15) is 0 Å². The third-order valence-electron chi connectivity index (χ3n) is 6.69. The predicted molar refractivity (Wildman–Crippen MR) is 143 cm³/mol. The summed E-state index contributed by atoms with van der Waals surface area (Å²) in [4.78, 5) is 28.3. The second-order valence-electron chi connectivity index (χ2n) is 8.91. The summed E-state index contributed by atoms with van der Waals surface area (Å²) >= 11 is 0. The molecule has 0 bridgehead atoms. The van der Waals surface area contributed by atoms with Crippen LogP contribution in [0.2, 0.25) is 0 Å². The van der Waals surface area contributed by atoms with E-state index in [1.165, 1.54) is 19.1 Å². The van der Waals surface area contributed by atoms with Gasteiger partial charge in [0.25, 0.3) is 11.7 Å². The first-order valence-corrected chi connectivity index (χ1v) is 12.1. The lowest BCUT2D eigenvalue weighted by atomic mass is 9.94. The van der Waals surface area contributed by atoms with Gasteiger partial charge >= 0.3 is 0 Å². The number of aliphatic hydroxyl groups is 1. The van der Waals surface area contributed by atoms with Crippen molar-refractivity contribution in [3.63, 3.8) is 0 Å². The first-order chi connectivity index (χ1) is 18.3. The van der Waals surface area contributed by atoms with Crippen LogP contribution in [0, 0.1) is 6.92 Å². The number of rotatable bonds is 9. The number of Topliss-reactive ketones (excluding diaryl/α,β-unsaturated/α-hetero) is 1. The van der Waals surface area contributed by atoms with E-state index in [2.05, 4.69) is 0 Å². The highest BCUT2D eigenvalue weighted by molar-refractivity contribution is 6.46. The molecule has 0 saturated carbocycles. The first kappa shape index (κ1) is 26.6. The van der Waals surface area contributed by atoms with Crippen molar-refractivity contribution in [2.75, 3.05) is 35.0 Å². The number of carbonyl (C=O) groups is 2. The van der Waals surface area contributed by atoms with Crippen molar-refractivity contribution in [3.8, 4) is 23.0 Å². The zero-order valence-electron chi connectivity index (χ0n) is 22.1. The van der Waals surface area contributed by atoms with Gasteiger partial charge in [-0.25, -0.2) is 0 Å². The number of aliphatic hydroxyl groups excluding tert-OH is 1. The van der Waals surface area contributed by atoms with Crippen molar-refractivity contribution in [3.05, 3.63) is 88.5 Å². The third kappa shape index (κ3) is 5.02. The molecule has 8 heteroatoms. The zero-order chi connectivity index (χ0) is 27.4. The Kier molecular flexibility index (Phi) is 7.90. The Morgan fingerprint density at radius 3 is 2.11 bits per heavy atom. The van der Waals surface area contributed by atoms with Crippen molar-refractivity contribution < 1.29 is 33.6 Å². The summed E-state index contributed by atoms with van der Waals surface area (Å²) < 4.78 is 21.8. The first-order valence-electron chi connectivity index (χ1n) is 12.1. The Morgan fingerprint density at radius 2 is 1.47 bits per heavy atom. The molecule has 1 N–H and O–H groups in total. The predicted octanol–water partition coefficient (Wildman–Crippen LogP) is 4.69. The number of ether oxygens (including phenoxy) is 4. The highest BCUT2D eigenvalue weighted by Crippen LogP contribution is 2.44. The smallest absolute Gasteiger partial charge is 0.295 e. The van der Waals surface area contributed by atoms with Gasteiger partial charge in [0, 0.05) is 17.7 Å². The normalized spacial score (nSPS) is 16.4. The quantitative estimate of drug-likeness (QED) is 0.250. The van der Waals surface area contributed by atoms with Crippen molar-refractivity contribution in [2.45, 2.75) is 19.4 Å². The molecule has 8 nitrogen and oxygen atoms in total. The van der Waals surface area contributed by atoms with Gasteiger partial charge < -0.3 is 29.0 Å². The number of benzene rings is 3. The maximum atomic E-state index is 13.4. The summed E-state index contributed by atoms with van der Waals surface area (Å²) in [6.45, 7) is 2.13. The molecule has 1 heterocycles. The van der Waals surface area contributed by atoms with Crippen LogP contribution >= 0.6 is 0 Å². The molecular formula is C30H31NO7. The number of hydrogen-bond acceptors (Lipinski definition) is 7. The lowest BCUT2D eigenvalue weighted by Crippen LogP contribution is -2.32. The topological polar surface area (TPSA) is 94.5 Å². The van der Waals surface area contributed by atoms with Gasteiger partial charge in [0.2, 0.25) is 0 Å². The zero-order valence-corrected chi connectivity index (χ0v) is 22.1. The molecule has 3 aromatic rings. The number of aryl methyl sites for hydroxylation is 1. The Labute approximate surface area is 222 Å². The standard InChI is InChI=1S/C30H31NO7/c1-18-6-9-20(10-7-18)28(32)26-27(22-17-21(35-2)11-13-23(22)36-3)31(30(34)29(26)33)15-14-19-8-12-24(37-4)25(16-19)38-5/h6-13,16-17,27,32H,14-15H2,1-5H3/t27-/m0/s1. The molecule has 0 aromatic heterocycles. The van der Waals surface area contributed by atoms with Crippen LogP contribution in [0.15, 0.2) is 66.2 Å². The van der Waals surface area contributed by atoms with E-state index in [-0.39, 0.29) is 17.9 Å². The molecule has 0 spiro atoms. The fourth-order valence-corrected chi connectivity index (χ4v) is 4.64. The molecule has 1 atom stereocenters. The van der Waals surface area contributed by atoms with Gasteiger partial charge in [-0.05, 0) is 49.2 Å². The van der Waals surface area contributed by atoms with Crippen LogP contribution in [0.3, 0.4) is 0 Å². The van der Waals surface area contributed by atoms with Gasteiger partial charge in [0.1, 0.15) is 17.3 Å². The molecule has 38 heavy (non-hydrogen) atoms. The molecule has 0 radical (unpaired) electrons. The molecule has 4 rings (SSSR count). The third-order valence-corrected chi connectivity index (χ3v) is 6.69. The Hall–Kier alpha value is -4.46. The van der Waals surface area contributed by atoms with Crippen molar-refractivity contribution in [1.29, 1.82) is 0 Å². The molecule has 1 aliphatic heterocycles. The van der Waals surface area contributed by atoms with Crippen LogP contribution < -0.4 is 18.9 Å². The fraction of sp³-hybridized carbons (Fsp3) is 0.267. The number of amides is 1. The molecule has 1 amide bonds. The van der Waals surface area contributed by atoms with Crippen molar-refractivity contribution >= 4 is 17.4 Å². The van der Waals surface area contributed by atoms with E-state index in [9.17, 15) is 14.7 Å². The van der Waals surface area contributed by atoms with E-state index >= 15 is 0 Å². The summed E-state index contributed by atoms with van der Waals surface area (Å²) in [7, 11) is 6.17. The Morgan fingerprint density at radius 1 is 0.816 bits per heavy atom. The van der Waals surface area contributed by atoms with Crippen LogP contribution in [-0.4, -0.2) is 56.7 Å². The summed E-state index contributed by atoms with van der Waals surface area (Å²) in [5.41, 5.74) is 2.87. The summed E-state index contributed by atoms with van der Waals surface area (Å²) in [6.07, 6.45) is 0.431. The lowest BCUT2D eigenvalue weighted by molar-refractivity contribution is -0.139. The maximum absolute atomic E-state index is 13.4. The van der Waals surface area contributed by atoms with E-state index in [0.29, 0.717) is 40.5 Å². The molecular weight excluding hydrogens is 486 g/mol. The fourth-order valence-electron chi connectivity index (χ4n) is 4.64. The minimum atomic E-state index is -0.888. The largest absolute Gasteiger partial charge is 0.507 e.